The minimum atomic E-state index is -4.52. The van der Waals surface area contributed by atoms with Gasteiger partial charge in [0.1, 0.15) is 5.75 Å². The van der Waals surface area contributed by atoms with Crippen LogP contribution < -0.4 is 0 Å². The summed E-state index contributed by atoms with van der Waals surface area (Å²) >= 11 is 0. The van der Waals surface area contributed by atoms with E-state index < -0.39 is 17.5 Å². The number of aryl methyl sites for hydroxylation is 1. The molecule has 2 N–H and O–H groups in total. The summed E-state index contributed by atoms with van der Waals surface area (Å²) in [6, 6.07) is 5.27. The minimum Gasteiger partial charge on any atom is -0.507 e. The first-order valence-electron chi connectivity index (χ1n) is 10.1. The van der Waals surface area contributed by atoms with E-state index >= 15 is 0 Å². The summed E-state index contributed by atoms with van der Waals surface area (Å²) in [5.41, 5.74) is 0.732. The monoisotopic (exact) mass is 415 g/mol. The van der Waals surface area contributed by atoms with Gasteiger partial charge in [-0.1, -0.05) is 0 Å². The summed E-state index contributed by atoms with van der Waals surface area (Å²) in [7, 11) is 0. The predicted octanol–water partition coefficient (Wildman–Crippen LogP) is 4.15. The van der Waals surface area contributed by atoms with Gasteiger partial charge in [0, 0.05) is 23.7 Å². The number of aromatic hydroxyl groups is 1. The molecule has 5 nitrogen and oxygen atoms in total. The lowest BCUT2D eigenvalue weighted by atomic mass is 10.00. The molecule has 2 heterocycles. The van der Waals surface area contributed by atoms with Crippen LogP contribution in [0.1, 0.15) is 24.0 Å². The van der Waals surface area contributed by atoms with Crippen LogP contribution in [-0.4, -0.2) is 31.1 Å². The van der Waals surface area contributed by atoms with E-state index in [1.807, 2.05) is 16.9 Å². The topological polar surface area (TPSA) is 71.2 Å². The summed E-state index contributed by atoms with van der Waals surface area (Å²) in [5.74, 6) is 0.971. The van der Waals surface area contributed by atoms with Crippen LogP contribution in [0.5, 0.6) is 5.75 Å². The first-order chi connectivity index (χ1) is 14.2. The van der Waals surface area contributed by atoms with Gasteiger partial charge in [0.05, 0.1) is 17.4 Å². The molecule has 4 bridgehead atoms. The van der Waals surface area contributed by atoms with Crippen molar-refractivity contribution >= 4 is 11.0 Å². The molecule has 2 aromatic heterocycles. The van der Waals surface area contributed by atoms with Gasteiger partial charge in [0.2, 0.25) is 0 Å². The van der Waals surface area contributed by atoms with Crippen molar-refractivity contribution in [3.63, 3.8) is 0 Å². The van der Waals surface area contributed by atoms with Crippen molar-refractivity contribution in [2.45, 2.75) is 38.6 Å². The van der Waals surface area contributed by atoms with Crippen LogP contribution in [0.4, 0.5) is 13.2 Å². The number of phenols is 1. The summed E-state index contributed by atoms with van der Waals surface area (Å²) in [6.07, 6.45) is -0.600. The fraction of sp³-hybridized carbons (Fsp3) is 0.455. The molecule has 0 radical (unpaired) electrons. The number of aromatic nitrogens is 3. The second-order valence-electron chi connectivity index (χ2n) is 9.18. The standard InChI is InChI=1S/C22H20F3N3O2/c1-10-4-13(22(23,24)25)6-16(29)17(10)15-3-2-11-8-28(27-20(11)26-15)9-21-7-12-5-14(21)18(21)19(12)30/h2-4,6,8,12,14,18-19,29-30H,5,7,9H2,1H3/t12?,14?,18?,19?,21-/m1/s1. The van der Waals surface area contributed by atoms with E-state index in [2.05, 4.69) is 10.1 Å². The number of phenolic OH excluding ortho intramolecular Hbond substituents is 1. The maximum Gasteiger partial charge on any atom is 0.416 e. The number of hydrogen-bond donors (Lipinski definition) is 2. The Morgan fingerprint density at radius 1 is 1.27 bits per heavy atom. The smallest absolute Gasteiger partial charge is 0.416 e. The Labute approximate surface area is 170 Å². The molecule has 7 rings (SSSR count). The Bertz CT molecular complexity index is 1180. The zero-order chi connectivity index (χ0) is 21.0. The third-order valence-electron chi connectivity index (χ3n) is 7.55. The fourth-order valence-electron chi connectivity index (χ4n) is 6.34. The molecule has 0 saturated heterocycles. The molecule has 1 aromatic carbocycles. The highest BCUT2D eigenvalue weighted by molar-refractivity contribution is 5.80. The second-order valence-corrected chi connectivity index (χ2v) is 9.18. The quantitative estimate of drug-likeness (QED) is 0.674. The highest BCUT2D eigenvalue weighted by atomic mass is 19.4. The molecular weight excluding hydrogens is 395 g/mol. The van der Waals surface area contributed by atoms with E-state index in [4.69, 9.17) is 0 Å². The van der Waals surface area contributed by atoms with Crippen LogP contribution in [0, 0.1) is 30.1 Å². The second kappa shape index (κ2) is 5.55. The maximum absolute atomic E-state index is 13.0. The molecule has 4 aliphatic rings. The van der Waals surface area contributed by atoms with Crippen molar-refractivity contribution < 1.29 is 23.4 Å². The number of fused-ring (bicyclic) bond motifs is 1. The van der Waals surface area contributed by atoms with Gasteiger partial charge in [-0.2, -0.15) is 18.3 Å². The number of nitrogens with zero attached hydrogens (tertiary/aromatic N) is 3. The van der Waals surface area contributed by atoms with E-state index in [1.54, 1.807) is 6.07 Å². The molecule has 4 aliphatic carbocycles. The van der Waals surface area contributed by atoms with Gasteiger partial charge >= 0.3 is 6.18 Å². The summed E-state index contributed by atoms with van der Waals surface area (Å²) in [6.45, 7) is 2.28. The summed E-state index contributed by atoms with van der Waals surface area (Å²) in [5, 5.41) is 26.0. The van der Waals surface area contributed by atoms with E-state index in [0.29, 0.717) is 34.7 Å². The number of hydrogen-bond acceptors (Lipinski definition) is 4. The fourth-order valence-corrected chi connectivity index (χ4v) is 6.34. The van der Waals surface area contributed by atoms with Crippen LogP contribution in [-0.2, 0) is 12.7 Å². The predicted molar refractivity (Wildman–Crippen MR) is 103 cm³/mol. The third-order valence-corrected chi connectivity index (χ3v) is 7.55. The Balaban J connectivity index is 1.34. The molecule has 30 heavy (non-hydrogen) atoms. The molecule has 0 amide bonds. The van der Waals surface area contributed by atoms with Gasteiger partial charge < -0.3 is 10.2 Å². The number of alkyl halides is 3. The lowest BCUT2D eigenvalue weighted by molar-refractivity contribution is -0.137. The zero-order valence-corrected chi connectivity index (χ0v) is 16.2. The Morgan fingerprint density at radius 3 is 2.67 bits per heavy atom. The molecular formula is C22H20F3N3O2. The van der Waals surface area contributed by atoms with Gasteiger partial charge in [0.25, 0.3) is 0 Å². The van der Waals surface area contributed by atoms with Crippen molar-refractivity contribution in [3.8, 4) is 17.0 Å². The molecule has 0 aliphatic heterocycles. The van der Waals surface area contributed by atoms with Crippen LogP contribution in [0.15, 0.2) is 30.5 Å². The highest BCUT2D eigenvalue weighted by Crippen LogP contribution is 2.79. The Kier molecular flexibility index (Phi) is 3.36. The Morgan fingerprint density at radius 2 is 2.07 bits per heavy atom. The first kappa shape index (κ1) is 18.2. The van der Waals surface area contributed by atoms with Crippen molar-refractivity contribution in [3.05, 3.63) is 41.6 Å². The number of aliphatic hydroxyl groups excluding tert-OH is 1. The molecule has 4 saturated carbocycles. The molecule has 3 aromatic rings. The van der Waals surface area contributed by atoms with Gasteiger partial charge in [-0.15, -0.1) is 0 Å². The number of aliphatic hydroxyl groups is 1. The van der Waals surface area contributed by atoms with Gasteiger partial charge in [-0.25, -0.2) is 4.98 Å². The SMILES string of the molecule is Cc1cc(C(F)(F)F)cc(O)c1-c1ccc2cn(C[C@]34CC5CC3C4C5O)nc2n1. The molecule has 156 valence electrons. The molecule has 5 atom stereocenters. The largest absolute Gasteiger partial charge is 0.507 e. The van der Waals surface area contributed by atoms with E-state index in [-0.39, 0.29) is 17.1 Å². The third kappa shape index (κ3) is 2.34. The van der Waals surface area contributed by atoms with Crippen molar-refractivity contribution in [1.29, 1.82) is 0 Å². The zero-order valence-electron chi connectivity index (χ0n) is 16.2. The molecule has 8 heteroatoms. The van der Waals surface area contributed by atoms with Gasteiger partial charge in [-0.3, -0.25) is 4.68 Å². The van der Waals surface area contributed by atoms with E-state index in [9.17, 15) is 23.4 Å². The number of halogens is 3. The van der Waals surface area contributed by atoms with E-state index in [0.717, 1.165) is 36.9 Å². The van der Waals surface area contributed by atoms with Crippen LogP contribution in [0.2, 0.25) is 0 Å². The molecule has 0 spiro atoms. The highest BCUT2D eigenvalue weighted by Gasteiger charge is 2.78. The normalized spacial score (nSPS) is 31.6. The lowest BCUT2D eigenvalue weighted by Crippen LogP contribution is -2.13. The van der Waals surface area contributed by atoms with Crippen molar-refractivity contribution in [2.24, 2.45) is 23.2 Å². The van der Waals surface area contributed by atoms with E-state index in [1.165, 1.54) is 6.92 Å². The molecule has 4 fully saturated rings. The number of benzene rings is 1. The van der Waals surface area contributed by atoms with Crippen molar-refractivity contribution in [2.75, 3.05) is 0 Å². The van der Waals surface area contributed by atoms with Gasteiger partial charge in [-0.05, 0) is 72.8 Å². The Hall–Kier alpha value is -2.61. The minimum absolute atomic E-state index is 0.164. The maximum atomic E-state index is 13.0. The average molecular weight is 415 g/mol. The lowest BCUT2D eigenvalue weighted by Gasteiger charge is -2.13. The number of pyridine rings is 1. The first-order valence-corrected chi connectivity index (χ1v) is 10.1. The van der Waals surface area contributed by atoms with Gasteiger partial charge in [0.15, 0.2) is 5.65 Å². The summed E-state index contributed by atoms with van der Waals surface area (Å²) < 4.78 is 40.9. The van der Waals surface area contributed by atoms with Crippen LogP contribution in [0.25, 0.3) is 22.3 Å². The van der Waals surface area contributed by atoms with Crippen molar-refractivity contribution in [1.82, 2.24) is 14.8 Å². The number of rotatable bonds is 3. The van der Waals surface area contributed by atoms with Crippen LogP contribution in [0.3, 0.4) is 0 Å². The molecule has 4 unspecified atom stereocenters. The van der Waals surface area contributed by atoms with Crippen LogP contribution >= 0.6 is 0 Å². The average Bonchev–Trinajstić information content (AvgIpc) is 3.08. The summed E-state index contributed by atoms with van der Waals surface area (Å²) in [4.78, 5) is 4.51.